The molecule has 0 fully saturated rings. The van der Waals surface area contributed by atoms with Crippen molar-refractivity contribution in [2.45, 2.75) is 18.6 Å². The molecule has 8 nitrogen and oxygen atoms in total. The Kier molecular flexibility index (Phi) is 6.44. The Bertz CT molecular complexity index is 1380. The summed E-state index contributed by atoms with van der Waals surface area (Å²) in [6, 6.07) is 9.41. The van der Waals surface area contributed by atoms with Crippen molar-refractivity contribution in [3.63, 3.8) is 0 Å². The fourth-order valence-corrected chi connectivity index (χ4v) is 4.29. The van der Waals surface area contributed by atoms with E-state index in [2.05, 4.69) is 15.3 Å². The molecule has 4 N–H and O–H groups in total. The van der Waals surface area contributed by atoms with Crippen molar-refractivity contribution >= 4 is 33.5 Å². The number of alkyl halides is 3. The molecule has 0 bridgehead atoms. The van der Waals surface area contributed by atoms with Crippen LogP contribution in [0.25, 0.3) is 21.5 Å². The van der Waals surface area contributed by atoms with Crippen LogP contribution in [0.2, 0.25) is 0 Å². The predicted octanol–water partition coefficient (Wildman–Crippen LogP) is 4.03. The molecule has 0 spiro atoms. The fourth-order valence-electron chi connectivity index (χ4n) is 3.34. The number of nitrogens with one attached hydrogen (secondary N) is 2. The molecule has 2 aromatic carbocycles. The lowest BCUT2D eigenvalue weighted by molar-refractivity contribution is -0.137. The van der Waals surface area contributed by atoms with Crippen molar-refractivity contribution in [3.05, 3.63) is 69.8 Å². The van der Waals surface area contributed by atoms with Crippen LogP contribution in [-0.4, -0.2) is 35.6 Å². The molecule has 0 radical (unpaired) electrons. The quantitative estimate of drug-likeness (QED) is 0.333. The van der Waals surface area contributed by atoms with E-state index in [1.807, 2.05) is 0 Å². The first-order valence-electron chi connectivity index (χ1n) is 10.0. The number of fused-ring (bicyclic) bond motifs is 1. The Morgan fingerprint density at radius 1 is 1.26 bits per heavy atom. The maximum Gasteiger partial charge on any atom is 0.417 e. The van der Waals surface area contributed by atoms with Gasteiger partial charge in [0, 0.05) is 12.6 Å². The molecule has 0 amide bonds. The summed E-state index contributed by atoms with van der Waals surface area (Å²) < 4.78 is 48.1. The van der Waals surface area contributed by atoms with E-state index in [9.17, 15) is 22.8 Å². The molecule has 0 aliphatic rings. The van der Waals surface area contributed by atoms with Gasteiger partial charge >= 0.3 is 17.9 Å². The molecule has 0 aliphatic carbocycles. The normalized spacial score (nSPS) is 12.6. The first kappa shape index (κ1) is 23.5. The van der Waals surface area contributed by atoms with E-state index in [0.29, 0.717) is 38.7 Å². The number of methoxy groups -OCH3 is 1. The fraction of sp³-hybridized carbons (Fsp3) is 0.227. The highest BCUT2D eigenvalue weighted by Crippen LogP contribution is 2.35. The van der Waals surface area contributed by atoms with Gasteiger partial charge in [-0.2, -0.15) is 13.2 Å². The Morgan fingerprint density at radius 2 is 2.00 bits per heavy atom. The predicted molar refractivity (Wildman–Crippen MR) is 121 cm³/mol. The van der Waals surface area contributed by atoms with E-state index >= 15 is 0 Å². The van der Waals surface area contributed by atoms with Crippen molar-refractivity contribution in [3.8, 4) is 10.4 Å². The molecule has 0 saturated carbocycles. The minimum atomic E-state index is -4.39. The summed E-state index contributed by atoms with van der Waals surface area (Å²) >= 11 is 1.19. The smallest absolute Gasteiger partial charge is 0.417 e. The number of benzene rings is 2. The van der Waals surface area contributed by atoms with Crippen LogP contribution in [0.3, 0.4) is 0 Å². The van der Waals surface area contributed by atoms with Gasteiger partial charge in [-0.3, -0.25) is 4.98 Å². The van der Waals surface area contributed by atoms with Crippen LogP contribution in [0.1, 0.15) is 21.6 Å². The number of oxazole rings is 1. The van der Waals surface area contributed by atoms with E-state index in [1.54, 1.807) is 18.2 Å². The molecule has 2 aromatic heterocycles. The van der Waals surface area contributed by atoms with Crippen LogP contribution in [0.15, 0.2) is 51.7 Å². The van der Waals surface area contributed by atoms with Crippen LogP contribution >= 0.6 is 11.3 Å². The zero-order valence-corrected chi connectivity index (χ0v) is 18.5. The van der Waals surface area contributed by atoms with Gasteiger partial charge in [-0.05, 0) is 41.8 Å². The number of nitrogens with zero attached hydrogens (tertiary/aromatic N) is 1. The van der Waals surface area contributed by atoms with Crippen LogP contribution in [0.4, 0.5) is 18.3 Å². The number of halogens is 3. The lowest BCUT2D eigenvalue weighted by Crippen LogP contribution is -2.31. The summed E-state index contributed by atoms with van der Waals surface area (Å²) in [6.07, 6.45) is -4.05. The highest BCUT2D eigenvalue weighted by Gasteiger charge is 2.30. The number of hydrogen-bond donors (Lipinski definition) is 3. The summed E-state index contributed by atoms with van der Waals surface area (Å²) in [4.78, 5) is 31.1. The van der Waals surface area contributed by atoms with Gasteiger partial charge in [0.2, 0.25) is 0 Å². The lowest BCUT2D eigenvalue weighted by Gasteiger charge is -2.13. The monoisotopic (exact) mass is 492 g/mol. The Morgan fingerprint density at radius 3 is 2.68 bits per heavy atom. The molecular formula is C22H19F3N4O4S. The summed E-state index contributed by atoms with van der Waals surface area (Å²) in [5.74, 6) is -1.22. The first-order chi connectivity index (χ1) is 16.1. The average Bonchev–Trinajstić information content (AvgIpc) is 3.39. The Labute approximate surface area is 194 Å². The van der Waals surface area contributed by atoms with Crippen molar-refractivity contribution in [1.82, 2.24) is 9.97 Å². The van der Waals surface area contributed by atoms with Gasteiger partial charge in [-0.25, -0.2) is 14.6 Å². The minimum absolute atomic E-state index is 0.0866. The SMILES string of the molecule is COC(=O)c1nc(NCC(N)Cc2ccc(C(F)(F)F)cc2)sc1-c1ccc2[nH]c(=O)oc2c1. The first-order valence-corrected chi connectivity index (χ1v) is 10.8. The van der Waals surface area contributed by atoms with Gasteiger partial charge in [-0.15, -0.1) is 0 Å². The number of esters is 1. The number of hydrogen-bond acceptors (Lipinski definition) is 8. The van der Waals surface area contributed by atoms with Crippen molar-refractivity contribution in [2.75, 3.05) is 19.0 Å². The van der Waals surface area contributed by atoms with E-state index in [4.69, 9.17) is 14.9 Å². The van der Waals surface area contributed by atoms with Crippen LogP contribution in [0, 0.1) is 0 Å². The maximum atomic E-state index is 12.7. The van der Waals surface area contributed by atoms with Crippen molar-refractivity contribution in [2.24, 2.45) is 5.73 Å². The molecule has 0 saturated heterocycles. The number of aromatic nitrogens is 2. The van der Waals surface area contributed by atoms with Crippen molar-refractivity contribution < 1.29 is 27.1 Å². The van der Waals surface area contributed by atoms with E-state index in [0.717, 1.165) is 12.1 Å². The molecule has 4 aromatic rings. The Balaban J connectivity index is 1.49. The largest absolute Gasteiger partial charge is 0.464 e. The summed E-state index contributed by atoms with van der Waals surface area (Å²) in [6.45, 7) is 0.264. The van der Waals surface area contributed by atoms with E-state index in [1.165, 1.54) is 30.6 Å². The topological polar surface area (TPSA) is 123 Å². The van der Waals surface area contributed by atoms with Gasteiger partial charge in [0.25, 0.3) is 0 Å². The second kappa shape index (κ2) is 9.31. The summed E-state index contributed by atoms with van der Waals surface area (Å²) in [5, 5.41) is 3.48. The third-order valence-electron chi connectivity index (χ3n) is 4.98. The standard InChI is InChI=1S/C22H19F3N4O4S/c1-32-19(30)17-18(12-4-7-15-16(9-12)33-21(31)28-15)34-20(29-17)27-10-14(26)8-11-2-5-13(6-3-11)22(23,24)25/h2-7,9,14H,8,10,26H2,1H3,(H,27,29)(H,28,31). The number of nitrogens with two attached hydrogens (primary N) is 1. The zero-order valence-electron chi connectivity index (χ0n) is 17.7. The highest BCUT2D eigenvalue weighted by atomic mass is 32.1. The second-order valence-corrected chi connectivity index (χ2v) is 8.45. The molecule has 34 heavy (non-hydrogen) atoms. The molecule has 178 valence electrons. The highest BCUT2D eigenvalue weighted by molar-refractivity contribution is 7.19. The molecular weight excluding hydrogens is 473 g/mol. The Hall–Kier alpha value is -3.64. The van der Waals surface area contributed by atoms with Crippen LogP contribution in [-0.2, 0) is 17.3 Å². The summed E-state index contributed by atoms with van der Waals surface area (Å²) in [5.41, 5.74) is 7.63. The van der Waals surface area contributed by atoms with Gasteiger partial charge in [-0.1, -0.05) is 29.5 Å². The third kappa shape index (κ3) is 5.13. The van der Waals surface area contributed by atoms with Gasteiger partial charge in [0.05, 0.1) is 23.1 Å². The number of rotatable bonds is 7. The number of carbonyl (C=O) groups excluding carboxylic acids is 1. The van der Waals surface area contributed by atoms with Gasteiger partial charge in [0.1, 0.15) is 0 Å². The number of H-pyrrole nitrogens is 1. The maximum absolute atomic E-state index is 12.7. The molecule has 1 atom stereocenters. The van der Waals surface area contributed by atoms with Crippen LogP contribution < -0.4 is 16.8 Å². The molecule has 0 aliphatic heterocycles. The van der Waals surface area contributed by atoms with E-state index in [-0.39, 0.29) is 12.2 Å². The number of anilines is 1. The van der Waals surface area contributed by atoms with Crippen LogP contribution in [0.5, 0.6) is 0 Å². The minimum Gasteiger partial charge on any atom is -0.464 e. The molecule has 4 rings (SSSR count). The number of carbonyl (C=O) groups is 1. The zero-order chi connectivity index (χ0) is 24.5. The molecule has 2 heterocycles. The van der Waals surface area contributed by atoms with Gasteiger partial charge < -0.3 is 20.2 Å². The second-order valence-electron chi connectivity index (χ2n) is 7.45. The third-order valence-corrected chi connectivity index (χ3v) is 6.05. The summed E-state index contributed by atoms with van der Waals surface area (Å²) in [7, 11) is 1.24. The van der Waals surface area contributed by atoms with Gasteiger partial charge in [0.15, 0.2) is 16.4 Å². The lowest BCUT2D eigenvalue weighted by atomic mass is 10.0. The van der Waals surface area contributed by atoms with Crippen molar-refractivity contribution in [1.29, 1.82) is 0 Å². The molecule has 12 heteroatoms. The van der Waals surface area contributed by atoms with E-state index < -0.39 is 29.5 Å². The average molecular weight is 492 g/mol. The number of thiazole rings is 1. The molecule has 1 unspecified atom stereocenters. The number of ether oxygens (including phenoxy) is 1. The number of aromatic amines is 1.